The first-order valence-electron chi connectivity index (χ1n) is 4.48. The van der Waals surface area contributed by atoms with Crippen molar-refractivity contribution in [1.29, 1.82) is 0 Å². The fourth-order valence-electron chi connectivity index (χ4n) is 1.46. The van der Waals surface area contributed by atoms with Crippen LogP contribution in [0.1, 0.15) is 0 Å². The molecular formula is C12H9ClFN. The van der Waals surface area contributed by atoms with Gasteiger partial charge in [-0.05, 0) is 29.8 Å². The lowest BCUT2D eigenvalue weighted by molar-refractivity contribution is 0.632. The van der Waals surface area contributed by atoms with Crippen molar-refractivity contribution in [3.05, 3.63) is 53.3 Å². The standard InChI is InChI=1S/C12H9ClFN/c13-9-6-4-8(5-7-9)12-10(14)2-1-3-11(12)15/h1-7H,15H2. The number of hydrogen-bond acceptors (Lipinski definition) is 1. The molecule has 2 rings (SSSR count). The third kappa shape index (κ3) is 1.95. The molecule has 0 fully saturated rings. The van der Waals surface area contributed by atoms with E-state index in [9.17, 15) is 4.39 Å². The monoisotopic (exact) mass is 221 g/mol. The first-order chi connectivity index (χ1) is 7.18. The molecule has 15 heavy (non-hydrogen) atoms. The average molecular weight is 222 g/mol. The second-order valence-corrected chi connectivity index (χ2v) is 3.65. The molecule has 0 radical (unpaired) electrons. The van der Waals surface area contributed by atoms with E-state index in [1.54, 1.807) is 36.4 Å². The summed E-state index contributed by atoms with van der Waals surface area (Å²) in [5, 5.41) is 0.619. The van der Waals surface area contributed by atoms with Gasteiger partial charge in [-0.15, -0.1) is 0 Å². The van der Waals surface area contributed by atoms with Gasteiger partial charge in [-0.3, -0.25) is 0 Å². The molecular weight excluding hydrogens is 213 g/mol. The van der Waals surface area contributed by atoms with Crippen molar-refractivity contribution in [3.8, 4) is 11.1 Å². The van der Waals surface area contributed by atoms with Crippen molar-refractivity contribution in [2.24, 2.45) is 0 Å². The van der Waals surface area contributed by atoms with Crippen LogP contribution in [0.2, 0.25) is 5.02 Å². The van der Waals surface area contributed by atoms with Gasteiger partial charge in [-0.1, -0.05) is 29.8 Å². The van der Waals surface area contributed by atoms with Crippen LogP contribution in [0.15, 0.2) is 42.5 Å². The Labute approximate surface area is 92.3 Å². The van der Waals surface area contributed by atoms with E-state index in [1.807, 2.05) is 0 Å². The van der Waals surface area contributed by atoms with E-state index < -0.39 is 0 Å². The summed E-state index contributed by atoms with van der Waals surface area (Å²) in [5.74, 6) is -0.322. The Morgan fingerprint density at radius 1 is 1.00 bits per heavy atom. The van der Waals surface area contributed by atoms with Gasteiger partial charge >= 0.3 is 0 Å². The number of nitrogen functional groups attached to an aromatic ring is 1. The lowest BCUT2D eigenvalue weighted by Crippen LogP contribution is -1.92. The van der Waals surface area contributed by atoms with E-state index in [4.69, 9.17) is 17.3 Å². The molecule has 2 aromatic rings. The van der Waals surface area contributed by atoms with Crippen molar-refractivity contribution >= 4 is 17.3 Å². The van der Waals surface area contributed by atoms with Crippen LogP contribution in [0, 0.1) is 5.82 Å². The van der Waals surface area contributed by atoms with Gasteiger partial charge in [0, 0.05) is 16.3 Å². The van der Waals surface area contributed by atoms with Crippen molar-refractivity contribution in [1.82, 2.24) is 0 Å². The minimum absolute atomic E-state index is 0.322. The molecule has 0 aliphatic carbocycles. The Morgan fingerprint density at radius 3 is 2.27 bits per heavy atom. The zero-order chi connectivity index (χ0) is 10.8. The molecule has 0 aliphatic rings. The largest absolute Gasteiger partial charge is 0.398 e. The van der Waals surface area contributed by atoms with Crippen LogP contribution < -0.4 is 5.73 Å². The lowest BCUT2D eigenvalue weighted by Gasteiger charge is -2.06. The van der Waals surface area contributed by atoms with Crippen molar-refractivity contribution in [2.75, 3.05) is 5.73 Å². The number of rotatable bonds is 1. The fraction of sp³-hybridized carbons (Fsp3) is 0. The quantitative estimate of drug-likeness (QED) is 0.730. The second-order valence-electron chi connectivity index (χ2n) is 3.21. The smallest absolute Gasteiger partial charge is 0.133 e. The van der Waals surface area contributed by atoms with Crippen LogP contribution in [0.25, 0.3) is 11.1 Å². The molecule has 0 saturated heterocycles. The van der Waals surface area contributed by atoms with Crippen LogP contribution in [0.3, 0.4) is 0 Å². The maximum Gasteiger partial charge on any atom is 0.133 e. The molecule has 0 aromatic heterocycles. The Morgan fingerprint density at radius 2 is 1.67 bits per heavy atom. The molecule has 0 heterocycles. The van der Waals surface area contributed by atoms with E-state index in [-0.39, 0.29) is 5.82 Å². The molecule has 0 amide bonds. The van der Waals surface area contributed by atoms with Crippen molar-refractivity contribution in [2.45, 2.75) is 0 Å². The molecule has 0 atom stereocenters. The first-order valence-corrected chi connectivity index (χ1v) is 4.86. The van der Waals surface area contributed by atoms with Crippen LogP contribution in [-0.4, -0.2) is 0 Å². The van der Waals surface area contributed by atoms with E-state index in [2.05, 4.69) is 0 Å². The zero-order valence-corrected chi connectivity index (χ0v) is 8.63. The Kier molecular flexibility index (Phi) is 2.60. The minimum atomic E-state index is -0.322. The summed E-state index contributed by atoms with van der Waals surface area (Å²) in [6.07, 6.45) is 0. The molecule has 0 aliphatic heterocycles. The summed E-state index contributed by atoms with van der Waals surface area (Å²) >= 11 is 5.75. The van der Waals surface area contributed by atoms with Gasteiger partial charge in [0.25, 0.3) is 0 Å². The summed E-state index contributed by atoms with van der Waals surface area (Å²) in [7, 11) is 0. The average Bonchev–Trinajstić information content (AvgIpc) is 2.20. The molecule has 0 bridgehead atoms. The first kappa shape index (κ1) is 9.99. The fourth-order valence-corrected chi connectivity index (χ4v) is 1.59. The predicted octanol–water partition coefficient (Wildman–Crippen LogP) is 3.73. The van der Waals surface area contributed by atoms with Gasteiger partial charge in [0.05, 0.1) is 0 Å². The number of halogens is 2. The van der Waals surface area contributed by atoms with Gasteiger partial charge in [-0.2, -0.15) is 0 Å². The highest BCUT2D eigenvalue weighted by molar-refractivity contribution is 6.30. The second kappa shape index (κ2) is 3.91. The van der Waals surface area contributed by atoms with E-state index in [0.717, 1.165) is 5.56 Å². The molecule has 2 N–H and O–H groups in total. The molecule has 0 saturated carbocycles. The number of anilines is 1. The lowest BCUT2D eigenvalue weighted by atomic mass is 10.0. The molecule has 76 valence electrons. The van der Waals surface area contributed by atoms with Crippen LogP contribution in [0.4, 0.5) is 10.1 Å². The third-order valence-electron chi connectivity index (χ3n) is 2.18. The van der Waals surface area contributed by atoms with Gasteiger partial charge in [-0.25, -0.2) is 4.39 Å². The summed E-state index contributed by atoms with van der Waals surface area (Å²) in [5.41, 5.74) is 7.30. The molecule has 0 unspecified atom stereocenters. The number of hydrogen-bond donors (Lipinski definition) is 1. The van der Waals surface area contributed by atoms with E-state index in [0.29, 0.717) is 16.3 Å². The summed E-state index contributed by atoms with van der Waals surface area (Å²) in [6.45, 7) is 0. The van der Waals surface area contributed by atoms with Crippen LogP contribution in [-0.2, 0) is 0 Å². The van der Waals surface area contributed by atoms with Crippen molar-refractivity contribution < 1.29 is 4.39 Å². The van der Waals surface area contributed by atoms with Crippen molar-refractivity contribution in [3.63, 3.8) is 0 Å². The Bertz CT molecular complexity index is 459. The van der Waals surface area contributed by atoms with E-state index in [1.165, 1.54) is 6.07 Å². The number of nitrogens with two attached hydrogens (primary N) is 1. The highest BCUT2D eigenvalue weighted by Crippen LogP contribution is 2.29. The van der Waals surface area contributed by atoms with Gasteiger partial charge in [0.15, 0.2) is 0 Å². The summed E-state index contributed by atoms with van der Waals surface area (Å²) < 4.78 is 13.5. The van der Waals surface area contributed by atoms with Gasteiger partial charge in [0.1, 0.15) is 5.82 Å². The maximum atomic E-state index is 13.5. The highest BCUT2D eigenvalue weighted by atomic mass is 35.5. The minimum Gasteiger partial charge on any atom is -0.398 e. The molecule has 3 heteroatoms. The van der Waals surface area contributed by atoms with Gasteiger partial charge in [0.2, 0.25) is 0 Å². The third-order valence-corrected chi connectivity index (χ3v) is 2.43. The zero-order valence-electron chi connectivity index (χ0n) is 7.87. The van der Waals surface area contributed by atoms with Crippen LogP contribution in [0.5, 0.6) is 0 Å². The highest BCUT2D eigenvalue weighted by Gasteiger charge is 2.07. The molecule has 0 spiro atoms. The SMILES string of the molecule is Nc1cccc(F)c1-c1ccc(Cl)cc1. The molecule has 2 aromatic carbocycles. The summed E-state index contributed by atoms with van der Waals surface area (Å²) in [4.78, 5) is 0. The van der Waals surface area contributed by atoms with E-state index >= 15 is 0 Å². The molecule has 1 nitrogen and oxygen atoms in total. The predicted molar refractivity (Wildman–Crippen MR) is 61.3 cm³/mol. The summed E-state index contributed by atoms with van der Waals surface area (Å²) in [6, 6.07) is 11.6. The Hall–Kier alpha value is -1.54. The Balaban J connectivity index is 2.58. The number of benzene rings is 2. The normalized spacial score (nSPS) is 10.3. The van der Waals surface area contributed by atoms with Gasteiger partial charge < -0.3 is 5.73 Å². The topological polar surface area (TPSA) is 26.0 Å². The maximum absolute atomic E-state index is 13.5. The van der Waals surface area contributed by atoms with Crippen LogP contribution >= 0.6 is 11.6 Å².